The number of anilines is 1. The van der Waals surface area contributed by atoms with E-state index in [-0.39, 0.29) is 23.5 Å². The molecule has 0 bridgehead atoms. The van der Waals surface area contributed by atoms with Crippen molar-refractivity contribution in [1.82, 2.24) is 0 Å². The molecule has 0 aromatic heterocycles. The van der Waals surface area contributed by atoms with Crippen LogP contribution >= 0.6 is 11.6 Å². The Morgan fingerprint density at radius 3 is 2.24 bits per heavy atom. The first-order valence-corrected chi connectivity index (χ1v) is 11.2. The van der Waals surface area contributed by atoms with E-state index in [2.05, 4.69) is 13.8 Å². The Labute approximate surface area is 199 Å². The van der Waals surface area contributed by atoms with Crippen molar-refractivity contribution >= 4 is 29.0 Å². The van der Waals surface area contributed by atoms with Crippen molar-refractivity contribution < 1.29 is 23.8 Å². The van der Waals surface area contributed by atoms with Gasteiger partial charge in [-0.05, 0) is 36.1 Å². The minimum Gasteiger partial charge on any atom is -0.496 e. The predicted molar refractivity (Wildman–Crippen MR) is 127 cm³/mol. The Bertz CT molecular complexity index is 1150. The number of hydrogen-bond acceptors (Lipinski definition) is 5. The normalized spacial score (nSPS) is 19.9. The molecule has 0 N–H and O–H groups in total. The lowest BCUT2D eigenvalue weighted by Gasteiger charge is -2.43. The number of carbonyl (C=O) groups is 2. The number of rotatable bonds is 5. The number of ketones is 1. The van der Waals surface area contributed by atoms with Gasteiger partial charge in [-0.15, -0.1) is 0 Å². The number of halogens is 1. The van der Waals surface area contributed by atoms with E-state index in [0.29, 0.717) is 46.4 Å². The molecule has 1 heterocycles. The zero-order valence-electron chi connectivity index (χ0n) is 19.5. The van der Waals surface area contributed by atoms with E-state index in [1.807, 2.05) is 18.2 Å². The molecule has 2 aromatic carbocycles. The van der Waals surface area contributed by atoms with Crippen molar-refractivity contribution in [3.8, 4) is 17.2 Å². The molecule has 174 valence electrons. The number of nitrogens with zero attached hydrogens (tertiary/aromatic N) is 1. The Morgan fingerprint density at radius 1 is 0.939 bits per heavy atom. The molecule has 0 saturated heterocycles. The third-order valence-corrected chi connectivity index (χ3v) is 6.56. The van der Waals surface area contributed by atoms with Crippen molar-refractivity contribution in [2.75, 3.05) is 26.2 Å². The Hall–Kier alpha value is -2.99. The monoisotopic (exact) mass is 469 g/mol. The van der Waals surface area contributed by atoms with Crippen LogP contribution in [0.4, 0.5) is 5.69 Å². The van der Waals surface area contributed by atoms with Crippen molar-refractivity contribution in [3.05, 3.63) is 58.3 Å². The van der Waals surface area contributed by atoms with Crippen LogP contribution in [-0.4, -0.2) is 33.0 Å². The summed E-state index contributed by atoms with van der Waals surface area (Å²) >= 11 is 6.23. The zero-order valence-corrected chi connectivity index (χ0v) is 20.3. The number of amides is 1. The second-order valence-electron chi connectivity index (χ2n) is 9.22. The van der Waals surface area contributed by atoms with Crippen LogP contribution in [0.1, 0.15) is 44.6 Å². The fourth-order valence-electron chi connectivity index (χ4n) is 4.92. The lowest BCUT2D eigenvalue weighted by Crippen LogP contribution is -2.43. The van der Waals surface area contributed by atoms with E-state index in [9.17, 15) is 9.59 Å². The maximum Gasteiger partial charge on any atom is 0.232 e. The van der Waals surface area contributed by atoms with Gasteiger partial charge in [-0.25, -0.2) is 0 Å². The van der Waals surface area contributed by atoms with Gasteiger partial charge < -0.3 is 14.2 Å². The van der Waals surface area contributed by atoms with E-state index in [4.69, 9.17) is 25.8 Å². The summed E-state index contributed by atoms with van der Waals surface area (Å²) in [7, 11) is 4.67. The van der Waals surface area contributed by atoms with Crippen LogP contribution in [0.3, 0.4) is 0 Å². The highest BCUT2D eigenvalue weighted by Crippen LogP contribution is 2.51. The smallest absolute Gasteiger partial charge is 0.232 e. The van der Waals surface area contributed by atoms with Crippen molar-refractivity contribution in [2.45, 2.75) is 39.0 Å². The highest BCUT2D eigenvalue weighted by atomic mass is 35.5. The first-order chi connectivity index (χ1) is 15.7. The van der Waals surface area contributed by atoms with Gasteiger partial charge in [0, 0.05) is 46.7 Å². The molecular formula is C26H28ClNO5. The molecule has 1 amide bonds. The zero-order chi connectivity index (χ0) is 23.9. The van der Waals surface area contributed by atoms with Gasteiger partial charge in [-0.1, -0.05) is 31.5 Å². The lowest BCUT2D eigenvalue weighted by molar-refractivity contribution is -0.121. The molecule has 1 atom stereocenters. The first-order valence-electron chi connectivity index (χ1n) is 10.8. The first kappa shape index (κ1) is 23.2. The molecule has 2 aliphatic rings. The van der Waals surface area contributed by atoms with Crippen LogP contribution < -0.4 is 19.1 Å². The minimum absolute atomic E-state index is 0.0441. The summed E-state index contributed by atoms with van der Waals surface area (Å²) in [4.78, 5) is 28.8. The molecule has 2 aromatic rings. The lowest BCUT2D eigenvalue weighted by atomic mass is 9.69. The van der Waals surface area contributed by atoms with Gasteiger partial charge >= 0.3 is 0 Å². The number of benzene rings is 2. The maximum atomic E-state index is 13.6. The second-order valence-corrected chi connectivity index (χ2v) is 9.65. The Balaban J connectivity index is 1.94. The second kappa shape index (κ2) is 8.75. The maximum absolute atomic E-state index is 13.6. The van der Waals surface area contributed by atoms with Crippen LogP contribution in [0, 0.1) is 5.41 Å². The van der Waals surface area contributed by atoms with E-state index in [1.54, 1.807) is 44.4 Å². The van der Waals surface area contributed by atoms with Crippen LogP contribution in [0.25, 0.3) is 0 Å². The van der Waals surface area contributed by atoms with Gasteiger partial charge in [-0.3, -0.25) is 14.5 Å². The topological polar surface area (TPSA) is 65.1 Å². The van der Waals surface area contributed by atoms with Gasteiger partial charge in [-0.2, -0.15) is 0 Å². The van der Waals surface area contributed by atoms with Gasteiger partial charge in [0.25, 0.3) is 0 Å². The van der Waals surface area contributed by atoms with Crippen molar-refractivity contribution in [1.29, 1.82) is 0 Å². The summed E-state index contributed by atoms with van der Waals surface area (Å²) in [6.45, 7) is 4.10. The third-order valence-electron chi connectivity index (χ3n) is 6.32. The number of allylic oxidation sites excluding steroid dienone is 2. The fraction of sp³-hybridized carbons (Fsp3) is 0.385. The van der Waals surface area contributed by atoms with Crippen LogP contribution in [0.5, 0.6) is 17.2 Å². The Morgan fingerprint density at radius 2 is 1.61 bits per heavy atom. The van der Waals surface area contributed by atoms with Crippen LogP contribution in [0.2, 0.25) is 5.02 Å². The summed E-state index contributed by atoms with van der Waals surface area (Å²) in [5.74, 6) is 1.09. The molecule has 7 heteroatoms. The van der Waals surface area contributed by atoms with E-state index < -0.39 is 5.92 Å². The molecule has 1 aliphatic heterocycles. The largest absolute Gasteiger partial charge is 0.496 e. The van der Waals surface area contributed by atoms with Crippen LogP contribution in [0.15, 0.2) is 47.7 Å². The van der Waals surface area contributed by atoms with Gasteiger partial charge in [0.15, 0.2) is 17.3 Å². The summed E-state index contributed by atoms with van der Waals surface area (Å²) in [6.07, 6.45) is 1.14. The highest BCUT2D eigenvalue weighted by molar-refractivity contribution is 6.31. The third kappa shape index (κ3) is 4.20. The van der Waals surface area contributed by atoms with E-state index in [0.717, 1.165) is 11.3 Å². The number of ether oxygens (including phenoxy) is 3. The molecule has 0 radical (unpaired) electrons. The molecule has 1 aliphatic carbocycles. The van der Waals surface area contributed by atoms with Gasteiger partial charge in [0.1, 0.15) is 5.75 Å². The average Bonchev–Trinajstić information content (AvgIpc) is 2.76. The molecule has 0 fully saturated rings. The fourth-order valence-corrected chi connectivity index (χ4v) is 5.11. The van der Waals surface area contributed by atoms with Crippen molar-refractivity contribution in [3.63, 3.8) is 0 Å². The number of carbonyl (C=O) groups excluding carboxylic acids is 2. The van der Waals surface area contributed by atoms with E-state index >= 15 is 0 Å². The quantitative estimate of drug-likeness (QED) is 0.576. The number of methoxy groups -OCH3 is 3. The van der Waals surface area contributed by atoms with E-state index in [1.165, 1.54) is 0 Å². The molecular weight excluding hydrogens is 442 g/mol. The van der Waals surface area contributed by atoms with Gasteiger partial charge in [0.2, 0.25) is 5.91 Å². The molecule has 1 unspecified atom stereocenters. The molecule has 0 spiro atoms. The molecule has 0 saturated carbocycles. The number of Topliss-reactive ketones (excluding diaryl/α,β-unsaturated/α-hetero) is 1. The number of hydrogen-bond donors (Lipinski definition) is 0. The summed E-state index contributed by atoms with van der Waals surface area (Å²) in [5, 5.41) is 0.535. The highest BCUT2D eigenvalue weighted by Gasteiger charge is 2.45. The van der Waals surface area contributed by atoms with Crippen molar-refractivity contribution in [2.24, 2.45) is 5.41 Å². The Kier molecular flexibility index (Phi) is 6.14. The molecule has 4 rings (SSSR count). The minimum atomic E-state index is -0.443. The average molecular weight is 470 g/mol. The summed E-state index contributed by atoms with van der Waals surface area (Å²) in [5.41, 5.74) is 2.52. The SMILES string of the molecule is COc1cc(OC)c(C2CC(=O)N(c3cccc(Cl)c3)C3=C2C(=O)CC(C)(C)C3)cc1OC. The predicted octanol–water partition coefficient (Wildman–Crippen LogP) is 5.53. The van der Waals surface area contributed by atoms with Crippen LogP contribution in [-0.2, 0) is 9.59 Å². The summed E-state index contributed by atoms with van der Waals surface area (Å²) in [6, 6.07) is 10.7. The summed E-state index contributed by atoms with van der Waals surface area (Å²) < 4.78 is 16.6. The molecule has 33 heavy (non-hydrogen) atoms. The molecule has 6 nitrogen and oxygen atoms in total. The standard InChI is InChI=1S/C26H28ClNO5/c1-26(2)13-19-25(20(29)14-26)18(11-24(30)28(19)16-8-6-7-15(27)9-16)17-10-22(32-4)23(33-5)12-21(17)31-3/h6-10,12,18H,11,13-14H2,1-5H3. The van der Waals surface area contributed by atoms with Gasteiger partial charge in [0.05, 0.1) is 27.0 Å².